The van der Waals surface area contributed by atoms with E-state index in [9.17, 15) is 0 Å². The predicted octanol–water partition coefficient (Wildman–Crippen LogP) is 5.17. The summed E-state index contributed by atoms with van der Waals surface area (Å²) in [5.41, 5.74) is 3.21. The minimum atomic E-state index is 0.516. The van der Waals surface area contributed by atoms with Crippen molar-refractivity contribution in [1.29, 1.82) is 0 Å². The van der Waals surface area contributed by atoms with E-state index in [1.807, 2.05) is 19.3 Å². The monoisotopic (exact) mass is 248 g/mol. The van der Waals surface area contributed by atoms with Gasteiger partial charge in [0, 0.05) is 12.4 Å². The van der Waals surface area contributed by atoms with E-state index in [4.69, 9.17) is 0 Å². The fourth-order valence-electron chi connectivity index (χ4n) is 1.36. The van der Waals surface area contributed by atoms with Crippen LogP contribution in [0.3, 0.4) is 0 Å². The van der Waals surface area contributed by atoms with E-state index in [1.165, 1.54) is 5.57 Å². The fraction of sp³-hybridized carbons (Fsp3) is 0.625. The molecular formula is C16H28N2. The van der Waals surface area contributed by atoms with Crippen molar-refractivity contribution >= 4 is 11.9 Å². The topological polar surface area (TPSA) is 24.7 Å². The molecule has 18 heavy (non-hydrogen) atoms. The highest BCUT2D eigenvalue weighted by atomic mass is 14.8. The Labute approximate surface area is 113 Å². The molecule has 0 saturated heterocycles. The van der Waals surface area contributed by atoms with Gasteiger partial charge in [-0.1, -0.05) is 33.3 Å². The third-order valence-corrected chi connectivity index (χ3v) is 2.75. The summed E-state index contributed by atoms with van der Waals surface area (Å²) in [4.78, 5) is 9.03. The molecule has 0 spiro atoms. The van der Waals surface area contributed by atoms with Crippen LogP contribution in [-0.2, 0) is 0 Å². The van der Waals surface area contributed by atoms with E-state index in [0.29, 0.717) is 5.92 Å². The number of rotatable bonds is 7. The first kappa shape index (κ1) is 16.8. The van der Waals surface area contributed by atoms with Crippen LogP contribution in [-0.4, -0.2) is 11.9 Å². The Morgan fingerprint density at radius 3 is 2.33 bits per heavy atom. The maximum absolute atomic E-state index is 4.58. The molecule has 1 atom stereocenters. The van der Waals surface area contributed by atoms with Gasteiger partial charge in [0.25, 0.3) is 0 Å². The molecule has 0 amide bonds. The zero-order chi connectivity index (χ0) is 14.0. The van der Waals surface area contributed by atoms with Gasteiger partial charge in [-0.2, -0.15) is 0 Å². The highest BCUT2D eigenvalue weighted by Crippen LogP contribution is 2.09. The van der Waals surface area contributed by atoms with Crippen LogP contribution in [0, 0.1) is 5.92 Å². The van der Waals surface area contributed by atoms with E-state index < -0.39 is 0 Å². The molecule has 102 valence electrons. The number of aliphatic imine (C=N–C) groups is 2. The van der Waals surface area contributed by atoms with Crippen molar-refractivity contribution in [2.75, 3.05) is 0 Å². The van der Waals surface area contributed by atoms with Gasteiger partial charge in [0.1, 0.15) is 0 Å². The molecule has 0 aliphatic heterocycles. The van der Waals surface area contributed by atoms with E-state index in [2.05, 4.69) is 50.7 Å². The first-order valence-electron chi connectivity index (χ1n) is 6.94. The van der Waals surface area contributed by atoms with Crippen molar-refractivity contribution in [1.82, 2.24) is 0 Å². The van der Waals surface area contributed by atoms with Crippen LogP contribution in [0.15, 0.2) is 33.5 Å². The Morgan fingerprint density at radius 2 is 1.83 bits per heavy atom. The maximum Gasteiger partial charge on any atom is 0.0824 e. The highest BCUT2D eigenvalue weighted by Gasteiger charge is 2.02. The lowest BCUT2D eigenvalue weighted by Gasteiger charge is -2.05. The Kier molecular flexibility index (Phi) is 9.17. The molecule has 0 rings (SSSR count). The third-order valence-electron chi connectivity index (χ3n) is 2.75. The number of unbranched alkanes of at least 4 members (excludes halogenated alkanes) is 1. The quantitative estimate of drug-likeness (QED) is 0.555. The van der Waals surface area contributed by atoms with E-state index >= 15 is 0 Å². The molecule has 0 saturated carbocycles. The van der Waals surface area contributed by atoms with Crippen molar-refractivity contribution in [2.45, 2.75) is 60.8 Å². The third kappa shape index (κ3) is 7.21. The largest absolute Gasteiger partial charge is 0.260 e. The van der Waals surface area contributed by atoms with Gasteiger partial charge in [-0.3, -0.25) is 9.98 Å². The average molecular weight is 248 g/mol. The summed E-state index contributed by atoms with van der Waals surface area (Å²) in [6.07, 6.45) is 9.37. The second-order valence-electron chi connectivity index (χ2n) is 4.90. The molecule has 0 aromatic heterocycles. The minimum absolute atomic E-state index is 0.516. The summed E-state index contributed by atoms with van der Waals surface area (Å²) in [5.74, 6) is 0.516. The van der Waals surface area contributed by atoms with Gasteiger partial charge in [0.15, 0.2) is 0 Å². The standard InChI is InChI=1S/C16H28N2/c1-7-9-10-11-17-15(6)16(13(3)4)18-12-14(5)8-2/h10-12,14H,7-9H2,1-6H3/b11-10+,17-15-,18-12-. The van der Waals surface area contributed by atoms with Crippen LogP contribution in [0.4, 0.5) is 0 Å². The molecule has 0 aliphatic rings. The van der Waals surface area contributed by atoms with Crippen LogP contribution >= 0.6 is 0 Å². The molecule has 0 aromatic carbocycles. The summed E-state index contributed by atoms with van der Waals surface area (Å²) >= 11 is 0. The van der Waals surface area contributed by atoms with Crippen LogP contribution in [0.2, 0.25) is 0 Å². The fourth-order valence-corrected chi connectivity index (χ4v) is 1.36. The van der Waals surface area contributed by atoms with Crippen LogP contribution in [0.25, 0.3) is 0 Å². The lowest BCUT2D eigenvalue weighted by atomic mass is 10.1. The number of hydrogen-bond donors (Lipinski definition) is 0. The second-order valence-corrected chi connectivity index (χ2v) is 4.90. The summed E-state index contributed by atoms with van der Waals surface area (Å²) in [7, 11) is 0. The Morgan fingerprint density at radius 1 is 1.17 bits per heavy atom. The van der Waals surface area contributed by atoms with Gasteiger partial charge in [0.05, 0.1) is 11.4 Å². The van der Waals surface area contributed by atoms with Crippen LogP contribution in [0.5, 0.6) is 0 Å². The lowest BCUT2D eigenvalue weighted by Crippen LogP contribution is -2.00. The SMILES string of the molecule is CCC/C=C/N=C(/C)C(/N=C\C(C)CC)=C(C)C. The first-order chi connectivity index (χ1) is 8.52. The van der Waals surface area contributed by atoms with E-state index in [-0.39, 0.29) is 0 Å². The molecule has 0 aromatic rings. The van der Waals surface area contributed by atoms with Crippen molar-refractivity contribution in [2.24, 2.45) is 15.9 Å². The molecule has 0 fully saturated rings. The Balaban J connectivity index is 4.83. The molecule has 0 aliphatic carbocycles. The van der Waals surface area contributed by atoms with Crippen molar-refractivity contribution in [3.8, 4) is 0 Å². The Hall–Kier alpha value is -1.18. The predicted molar refractivity (Wildman–Crippen MR) is 83.5 cm³/mol. The lowest BCUT2D eigenvalue weighted by molar-refractivity contribution is 0.754. The molecule has 0 N–H and O–H groups in total. The number of allylic oxidation sites excluding steroid dienone is 3. The van der Waals surface area contributed by atoms with Crippen LogP contribution < -0.4 is 0 Å². The van der Waals surface area contributed by atoms with Gasteiger partial charge < -0.3 is 0 Å². The number of hydrogen-bond acceptors (Lipinski definition) is 2. The minimum Gasteiger partial charge on any atom is -0.260 e. The summed E-state index contributed by atoms with van der Waals surface area (Å²) < 4.78 is 0. The summed E-state index contributed by atoms with van der Waals surface area (Å²) in [5, 5.41) is 0. The van der Waals surface area contributed by atoms with Gasteiger partial charge in [-0.05, 0) is 45.1 Å². The molecule has 2 nitrogen and oxygen atoms in total. The summed E-state index contributed by atoms with van der Waals surface area (Å²) in [6.45, 7) is 12.7. The maximum atomic E-state index is 4.58. The molecule has 0 bridgehead atoms. The average Bonchev–Trinajstić information content (AvgIpc) is 2.34. The van der Waals surface area contributed by atoms with Crippen LogP contribution in [0.1, 0.15) is 60.8 Å². The smallest absolute Gasteiger partial charge is 0.0824 e. The van der Waals surface area contributed by atoms with Crippen molar-refractivity contribution < 1.29 is 0 Å². The van der Waals surface area contributed by atoms with E-state index in [1.54, 1.807) is 0 Å². The highest BCUT2D eigenvalue weighted by molar-refractivity contribution is 6.00. The van der Waals surface area contributed by atoms with Gasteiger partial charge >= 0.3 is 0 Å². The molecule has 0 radical (unpaired) electrons. The van der Waals surface area contributed by atoms with Gasteiger partial charge in [-0.15, -0.1) is 0 Å². The zero-order valence-corrected chi connectivity index (χ0v) is 12.8. The normalized spacial score (nSPS) is 14.4. The van der Waals surface area contributed by atoms with Crippen molar-refractivity contribution in [3.63, 3.8) is 0 Å². The van der Waals surface area contributed by atoms with Crippen molar-refractivity contribution in [3.05, 3.63) is 23.5 Å². The van der Waals surface area contributed by atoms with Gasteiger partial charge in [0.2, 0.25) is 0 Å². The molecule has 1 unspecified atom stereocenters. The molecule has 2 heteroatoms. The second kappa shape index (κ2) is 9.81. The Bertz CT molecular complexity index is 342. The molecule has 0 heterocycles. The molecular weight excluding hydrogens is 220 g/mol. The zero-order valence-electron chi connectivity index (χ0n) is 12.8. The van der Waals surface area contributed by atoms with E-state index in [0.717, 1.165) is 30.7 Å². The number of nitrogens with zero attached hydrogens (tertiary/aromatic N) is 2. The first-order valence-corrected chi connectivity index (χ1v) is 6.94. The van der Waals surface area contributed by atoms with Gasteiger partial charge in [-0.25, -0.2) is 0 Å². The summed E-state index contributed by atoms with van der Waals surface area (Å²) in [6, 6.07) is 0.